The Morgan fingerprint density at radius 1 is 0.806 bits per heavy atom. The molecule has 0 N–H and O–H groups in total. The summed E-state index contributed by atoms with van der Waals surface area (Å²) in [6.07, 6.45) is -3.94. The van der Waals surface area contributed by atoms with Crippen LogP contribution in [0.2, 0.25) is 0 Å². The van der Waals surface area contributed by atoms with Gasteiger partial charge in [0.15, 0.2) is 0 Å². The molecule has 0 saturated heterocycles. The van der Waals surface area contributed by atoms with Gasteiger partial charge in [0.25, 0.3) is 5.56 Å². The van der Waals surface area contributed by atoms with E-state index in [-0.39, 0.29) is 12.1 Å². The van der Waals surface area contributed by atoms with Gasteiger partial charge in [0.05, 0.1) is 17.8 Å². The standard InChI is InChI=1S/C26H18F3NO/c27-26(28,29)22-13-6-11-20(16-22)18-30-23(14-7-10-19-8-2-1-3-9-19)17-21-12-4-5-15-24(21)25(30)31/h1-6,8-9,11-13,15-17H,10,18H2. The Labute approximate surface area is 177 Å². The van der Waals surface area contributed by atoms with Gasteiger partial charge < -0.3 is 0 Å². The lowest BCUT2D eigenvalue weighted by Crippen LogP contribution is -2.23. The summed E-state index contributed by atoms with van der Waals surface area (Å²) in [5.74, 6) is 6.13. The Kier molecular flexibility index (Phi) is 5.64. The van der Waals surface area contributed by atoms with Crippen molar-refractivity contribution in [1.29, 1.82) is 0 Å². The molecule has 3 aromatic carbocycles. The Morgan fingerprint density at radius 3 is 2.29 bits per heavy atom. The first-order valence-electron chi connectivity index (χ1n) is 9.73. The summed E-state index contributed by atoms with van der Waals surface area (Å²) in [6.45, 7) is 0.00291. The minimum absolute atomic E-state index is 0.00291. The molecular formula is C26H18F3NO. The molecule has 31 heavy (non-hydrogen) atoms. The van der Waals surface area contributed by atoms with Gasteiger partial charge in [-0.05, 0) is 46.7 Å². The molecule has 5 heteroatoms. The second-order valence-corrected chi connectivity index (χ2v) is 7.17. The second-order valence-electron chi connectivity index (χ2n) is 7.17. The van der Waals surface area contributed by atoms with E-state index >= 15 is 0 Å². The normalized spacial score (nSPS) is 11.2. The number of fused-ring (bicyclic) bond motifs is 1. The number of nitrogens with zero attached hydrogens (tertiary/aromatic N) is 1. The Bertz CT molecular complexity index is 1340. The topological polar surface area (TPSA) is 22.0 Å². The zero-order valence-electron chi connectivity index (χ0n) is 16.5. The van der Waals surface area contributed by atoms with Crippen molar-refractivity contribution >= 4 is 10.8 Å². The molecule has 1 aromatic heterocycles. The molecular weight excluding hydrogens is 399 g/mol. The van der Waals surface area contributed by atoms with Crippen molar-refractivity contribution in [1.82, 2.24) is 4.57 Å². The van der Waals surface area contributed by atoms with Gasteiger partial charge in [0.1, 0.15) is 0 Å². The highest BCUT2D eigenvalue weighted by Crippen LogP contribution is 2.29. The fourth-order valence-corrected chi connectivity index (χ4v) is 3.42. The van der Waals surface area contributed by atoms with E-state index in [0.29, 0.717) is 23.1 Å². The van der Waals surface area contributed by atoms with Gasteiger partial charge in [-0.3, -0.25) is 9.36 Å². The van der Waals surface area contributed by atoms with E-state index in [1.807, 2.05) is 48.5 Å². The Morgan fingerprint density at radius 2 is 1.52 bits per heavy atom. The summed E-state index contributed by atoms with van der Waals surface area (Å²) in [7, 11) is 0. The lowest BCUT2D eigenvalue weighted by atomic mass is 10.1. The number of benzene rings is 3. The van der Waals surface area contributed by atoms with E-state index < -0.39 is 11.7 Å². The Balaban J connectivity index is 1.77. The molecule has 0 aliphatic carbocycles. The Hall–Kier alpha value is -3.78. The summed E-state index contributed by atoms with van der Waals surface area (Å²) in [5.41, 5.74) is 0.882. The summed E-state index contributed by atoms with van der Waals surface area (Å²) in [6, 6.07) is 23.7. The molecule has 0 amide bonds. The molecule has 0 bridgehead atoms. The van der Waals surface area contributed by atoms with Crippen LogP contribution in [0.15, 0.2) is 89.7 Å². The molecule has 1 heterocycles. The molecule has 0 unspecified atom stereocenters. The maximum absolute atomic E-state index is 13.1. The van der Waals surface area contributed by atoms with Gasteiger partial charge in [-0.15, -0.1) is 0 Å². The summed E-state index contributed by atoms with van der Waals surface area (Å²) >= 11 is 0. The van der Waals surface area contributed by atoms with Gasteiger partial charge in [-0.25, -0.2) is 0 Å². The highest BCUT2D eigenvalue weighted by atomic mass is 19.4. The fraction of sp³-hybridized carbons (Fsp3) is 0.115. The van der Waals surface area contributed by atoms with Crippen LogP contribution in [0.1, 0.15) is 22.4 Å². The third-order valence-electron chi connectivity index (χ3n) is 4.97. The first kappa shape index (κ1) is 20.5. The average molecular weight is 417 g/mol. The predicted octanol–water partition coefficient (Wildman–Crippen LogP) is 5.66. The smallest absolute Gasteiger partial charge is 0.296 e. The van der Waals surface area contributed by atoms with Crippen LogP contribution in [0.3, 0.4) is 0 Å². The third-order valence-corrected chi connectivity index (χ3v) is 4.97. The molecule has 0 aliphatic heterocycles. The number of rotatable bonds is 3. The SMILES string of the molecule is O=c1c2ccccc2cc(C#CCc2ccccc2)n1Cc1cccc(C(F)(F)F)c1. The molecule has 4 rings (SSSR count). The zero-order valence-corrected chi connectivity index (χ0v) is 16.5. The summed E-state index contributed by atoms with van der Waals surface area (Å²) < 4.78 is 40.8. The monoisotopic (exact) mass is 417 g/mol. The van der Waals surface area contributed by atoms with Crippen molar-refractivity contribution in [3.63, 3.8) is 0 Å². The summed E-state index contributed by atoms with van der Waals surface area (Å²) in [5, 5.41) is 1.25. The molecule has 0 aliphatic rings. The van der Waals surface area contributed by atoms with E-state index in [1.165, 1.54) is 10.6 Å². The van der Waals surface area contributed by atoms with Crippen LogP contribution < -0.4 is 5.56 Å². The largest absolute Gasteiger partial charge is 0.416 e. The van der Waals surface area contributed by atoms with Crippen molar-refractivity contribution in [3.05, 3.63) is 118 Å². The van der Waals surface area contributed by atoms with Crippen LogP contribution in [0.5, 0.6) is 0 Å². The van der Waals surface area contributed by atoms with E-state index in [9.17, 15) is 18.0 Å². The number of alkyl halides is 3. The van der Waals surface area contributed by atoms with Crippen LogP contribution in [0, 0.1) is 11.8 Å². The zero-order chi connectivity index (χ0) is 21.8. The first-order valence-corrected chi connectivity index (χ1v) is 9.73. The van der Waals surface area contributed by atoms with Gasteiger partial charge in [0, 0.05) is 11.8 Å². The quantitative estimate of drug-likeness (QED) is 0.394. The van der Waals surface area contributed by atoms with Gasteiger partial charge in [0.2, 0.25) is 0 Å². The molecule has 0 radical (unpaired) electrons. The van der Waals surface area contributed by atoms with Crippen molar-refractivity contribution < 1.29 is 13.2 Å². The van der Waals surface area contributed by atoms with E-state index in [2.05, 4.69) is 11.8 Å². The van der Waals surface area contributed by atoms with Crippen molar-refractivity contribution in [3.8, 4) is 11.8 Å². The van der Waals surface area contributed by atoms with Crippen LogP contribution in [0.4, 0.5) is 13.2 Å². The molecule has 0 saturated carbocycles. The lowest BCUT2D eigenvalue weighted by Gasteiger charge is -2.13. The van der Waals surface area contributed by atoms with Gasteiger partial charge in [-0.2, -0.15) is 13.2 Å². The molecule has 0 spiro atoms. The fourth-order valence-electron chi connectivity index (χ4n) is 3.42. The van der Waals surface area contributed by atoms with Gasteiger partial charge >= 0.3 is 6.18 Å². The number of halogens is 3. The van der Waals surface area contributed by atoms with Crippen molar-refractivity contribution in [2.24, 2.45) is 0 Å². The molecule has 154 valence electrons. The maximum Gasteiger partial charge on any atom is 0.416 e. The lowest BCUT2D eigenvalue weighted by molar-refractivity contribution is -0.137. The number of aromatic nitrogens is 1. The van der Waals surface area contributed by atoms with Crippen LogP contribution >= 0.6 is 0 Å². The van der Waals surface area contributed by atoms with Gasteiger partial charge in [-0.1, -0.05) is 66.6 Å². The minimum atomic E-state index is -4.44. The van der Waals surface area contributed by atoms with Crippen LogP contribution in [-0.2, 0) is 19.1 Å². The first-order chi connectivity index (χ1) is 14.9. The van der Waals surface area contributed by atoms with E-state index in [1.54, 1.807) is 18.2 Å². The highest BCUT2D eigenvalue weighted by Gasteiger charge is 2.30. The molecule has 2 nitrogen and oxygen atoms in total. The maximum atomic E-state index is 13.1. The van der Waals surface area contributed by atoms with Crippen molar-refractivity contribution in [2.45, 2.75) is 19.1 Å². The van der Waals surface area contributed by atoms with E-state index in [0.717, 1.165) is 23.1 Å². The van der Waals surface area contributed by atoms with Crippen LogP contribution in [0.25, 0.3) is 10.8 Å². The number of hydrogen-bond acceptors (Lipinski definition) is 1. The van der Waals surface area contributed by atoms with E-state index in [4.69, 9.17) is 0 Å². The molecule has 4 aromatic rings. The van der Waals surface area contributed by atoms with Crippen LogP contribution in [-0.4, -0.2) is 4.57 Å². The second kappa shape index (κ2) is 8.53. The third kappa shape index (κ3) is 4.70. The molecule has 0 fully saturated rings. The summed E-state index contributed by atoms with van der Waals surface area (Å²) in [4.78, 5) is 13.1. The predicted molar refractivity (Wildman–Crippen MR) is 116 cm³/mol. The van der Waals surface area contributed by atoms with Crippen molar-refractivity contribution in [2.75, 3.05) is 0 Å². The number of pyridine rings is 1. The highest BCUT2D eigenvalue weighted by molar-refractivity contribution is 5.82. The number of hydrogen-bond donors (Lipinski definition) is 0. The minimum Gasteiger partial charge on any atom is -0.296 e. The molecule has 0 atom stereocenters. The average Bonchev–Trinajstić information content (AvgIpc) is 2.77.